The van der Waals surface area contributed by atoms with Gasteiger partial charge in [0.25, 0.3) is 5.91 Å². The number of aromatic hydroxyl groups is 1. The Hall–Kier alpha value is -4.39. The number of amides is 1. The van der Waals surface area contributed by atoms with Crippen molar-refractivity contribution in [1.82, 2.24) is 4.90 Å². The quantitative estimate of drug-likeness (QED) is 0.427. The van der Waals surface area contributed by atoms with Gasteiger partial charge in [-0.15, -0.1) is 0 Å². The molecule has 4 rings (SSSR count). The van der Waals surface area contributed by atoms with Crippen molar-refractivity contribution in [3.8, 4) is 5.75 Å². The van der Waals surface area contributed by atoms with E-state index in [1.165, 1.54) is 17.0 Å². The molecule has 0 saturated carbocycles. The number of phenolic OH excluding ortho intramolecular Hbond substituents is 1. The van der Waals surface area contributed by atoms with E-state index in [-0.39, 0.29) is 36.7 Å². The molecule has 1 aliphatic heterocycles. The zero-order valence-corrected chi connectivity index (χ0v) is 19.9. The Labute approximate surface area is 209 Å². The maximum Gasteiger partial charge on any atom is 0.338 e. The third-order valence-electron chi connectivity index (χ3n) is 6.11. The Morgan fingerprint density at radius 2 is 1.56 bits per heavy atom. The second kappa shape index (κ2) is 10.9. The first-order valence-electron chi connectivity index (χ1n) is 11.7. The van der Waals surface area contributed by atoms with Gasteiger partial charge in [-0.3, -0.25) is 9.59 Å². The Morgan fingerprint density at radius 1 is 0.889 bits per heavy atom. The van der Waals surface area contributed by atoms with E-state index in [0.717, 1.165) is 5.56 Å². The summed E-state index contributed by atoms with van der Waals surface area (Å²) in [7, 11) is 0. The van der Waals surface area contributed by atoms with Crippen molar-refractivity contribution in [3.05, 3.63) is 112 Å². The molecule has 36 heavy (non-hydrogen) atoms. The fourth-order valence-electron chi connectivity index (χ4n) is 4.30. The van der Waals surface area contributed by atoms with E-state index in [0.29, 0.717) is 23.1 Å². The molecule has 184 valence electrons. The Bertz CT molecular complexity index is 1280. The predicted molar refractivity (Wildman–Crippen MR) is 133 cm³/mol. The number of benzene rings is 3. The van der Waals surface area contributed by atoms with E-state index < -0.39 is 23.7 Å². The van der Waals surface area contributed by atoms with Crippen molar-refractivity contribution in [3.63, 3.8) is 0 Å². The van der Waals surface area contributed by atoms with Crippen molar-refractivity contribution in [1.29, 1.82) is 0 Å². The highest BCUT2D eigenvalue weighted by molar-refractivity contribution is 6.09. The maximum absolute atomic E-state index is 13.3. The van der Waals surface area contributed by atoms with E-state index in [1.807, 2.05) is 30.3 Å². The first-order valence-corrected chi connectivity index (χ1v) is 11.7. The highest BCUT2D eigenvalue weighted by atomic mass is 16.5. The van der Waals surface area contributed by atoms with Crippen LogP contribution in [0.25, 0.3) is 0 Å². The molecule has 3 aromatic carbocycles. The van der Waals surface area contributed by atoms with E-state index >= 15 is 0 Å². The number of ether oxygens (including phenoxy) is 1. The zero-order chi connectivity index (χ0) is 25.7. The molecule has 7 nitrogen and oxygen atoms in total. The van der Waals surface area contributed by atoms with Gasteiger partial charge in [0.15, 0.2) is 11.5 Å². The molecular formula is C29H27NO6. The summed E-state index contributed by atoms with van der Waals surface area (Å²) in [5.41, 5.74) is 2.73. The topological polar surface area (TPSA) is 104 Å². The molecule has 2 N–H and O–H groups in total. The molecule has 0 spiro atoms. The minimum absolute atomic E-state index is 0.0461. The van der Waals surface area contributed by atoms with Crippen LogP contribution in [-0.2, 0) is 27.3 Å². The minimum atomic E-state index is -0.814. The fraction of sp³-hybridized carbons (Fsp3) is 0.207. The number of rotatable bonds is 9. The highest BCUT2D eigenvalue weighted by Crippen LogP contribution is 2.39. The third-order valence-corrected chi connectivity index (χ3v) is 6.11. The van der Waals surface area contributed by atoms with E-state index in [1.54, 1.807) is 43.3 Å². The molecule has 0 aromatic heterocycles. The van der Waals surface area contributed by atoms with Gasteiger partial charge in [-0.25, -0.2) is 4.79 Å². The molecule has 1 atom stereocenters. The molecule has 7 heteroatoms. The van der Waals surface area contributed by atoms with Crippen molar-refractivity contribution < 1.29 is 29.3 Å². The van der Waals surface area contributed by atoms with Crippen LogP contribution in [0.4, 0.5) is 0 Å². The summed E-state index contributed by atoms with van der Waals surface area (Å²) in [5.74, 6) is -1.91. The summed E-state index contributed by atoms with van der Waals surface area (Å²) in [4.78, 5) is 39.8. The monoisotopic (exact) mass is 485 g/mol. The number of esters is 1. The third kappa shape index (κ3) is 5.30. The number of hydrogen-bond donors (Lipinski definition) is 2. The zero-order valence-electron chi connectivity index (χ0n) is 19.9. The van der Waals surface area contributed by atoms with Gasteiger partial charge in [-0.1, -0.05) is 54.6 Å². The summed E-state index contributed by atoms with van der Waals surface area (Å²) >= 11 is 0. The van der Waals surface area contributed by atoms with Crippen LogP contribution >= 0.6 is 0 Å². The molecular weight excluding hydrogens is 458 g/mol. The molecule has 1 aliphatic rings. The van der Waals surface area contributed by atoms with Gasteiger partial charge in [0, 0.05) is 13.0 Å². The van der Waals surface area contributed by atoms with Crippen LogP contribution in [0.5, 0.6) is 5.75 Å². The summed E-state index contributed by atoms with van der Waals surface area (Å²) in [6.45, 7) is 2.10. The summed E-state index contributed by atoms with van der Waals surface area (Å²) in [6.07, 6.45) is 0.607. The fourth-order valence-corrected chi connectivity index (χ4v) is 4.30. The van der Waals surface area contributed by atoms with Gasteiger partial charge < -0.3 is 19.8 Å². The van der Waals surface area contributed by atoms with Gasteiger partial charge in [0.1, 0.15) is 5.75 Å². The van der Waals surface area contributed by atoms with Crippen LogP contribution < -0.4 is 0 Å². The molecule has 1 heterocycles. The second-order valence-corrected chi connectivity index (χ2v) is 8.52. The van der Waals surface area contributed by atoms with E-state index in [4.69, 9.17) is 4.74 Å². The number of Topliss-reactive ketones (excluding diaryl/α,β-unsaturated/α-hetero) is 1. The number of hydrogen-bond acceptors (Lipinski definition) is 6. The smallest absolute Gasteiger partial charge is 0.338 e. The van der Waals surface area contributed by atoms with Crippen molar-refractivity contribution in [2.24, 2.45) is 0 Å². The summed E-state index contributed by atoms with van der Waals surface area (Å²) < 4.78 is 5.01. The summed E-state index contributed by atoms with van der Waals surface area (Å²) in [6, 6.07) is 21.6. The number of aliphatic hydroxyl groups is 1. The van der Waals surface area contributed by atoms with Gasteiger partial charge in [0.05, 0.1) is 23.8 Å². The lowest BCUT2D eigenvalue weighted by Gasteiger charge is -2.27. The number of phenols is 1. The Morgan fingerprint density at radius 3 is 2.19 bits per heavy atom. The van der Waals surface area contributed by atoms with Crippen LogP contribution in [0.1, 0.15) is 46.4 Å². The number of aliphatic hydroxyl groups excluding tert-OH is 1. The number of carbonyl (C=O) groups is 3. The van der Waals surface area contributed by atoms with Crippen LogP contribution in [0, 0.1) is 0 Å². The Balaban J connectivity index is 1.61. The number of nitrogens with zero attached hydrogens (tertiary/aromatic N) is 1. The van der Waals surface area contributed by atoms with Crippen LogP contribution in [0.15, 0.2) is 90.2 Å². The first kappa shape index (κ1) is 24.7. The van der Waals surface area contributed by atoms with Crippen LogP contribution in [0.3, 0.4) is 0 Å². The van der Waals surface area contributed by atoms with Crippen molar-refractivity contribution >= 4 is 17.7 Å². The van der Waals surface area contributed by atoms with E-state index in [2.05, 4.69) is 0 Å². The van der Waals surface area contributed by atoms with E-state index in [9.17, 15) is 24.6 Å². The molecule has 1 amide bonds. The lowest BCUT2D eigenvalue weighted by molar-refractivity contribution is -0.130. The lowest BCUT2D eigenvalue weighted by Crippen LogP contribution is -2.30. The molecule has 0 radical (unpaired) electrons. The van der Waals surface area contributed by atoms with Crippen molar-refractivity contribution in [2.45, 2.75) is 32.4 Å². The molecule has 3 aromatic rings. The molecule has 1 unspecified atom stereocenters. The van der Waals surface area contributed by atoms with Gasteiger partial charge >= 0.3 is 5.97 Å². The van der Waals surface area contributed by atoms with Crippen LogP contribution in [0.2, 0.25) is 0 Å². The number of carbonyl (C=O) groups excluding carboxylic acids is 3. The average molecular weight is 486 g/mol. The lowest BCUT2D eigenvalue weighted by atomic mass is 9.93. The van der Waals surface area contributed by atoms with Gasteiger partial charge in [0.2, 0.25) is 0 Å². The van der Waals surface area contributed by atoms with Gasteiger partial charge in [-0.05, 0) is 54.3 Å². The average Bonchev–Trinajstić information content (AvgIpc) is 3.14. The SMILES string of the molecule is CCOC(=O)c1ccc(CN2C(=O)C(O)=C(C(=O)CCc3ccccc3)C2c2ccc(O)cc2)cc1. The molecule has 0 fully saturated rings. The van der Waals surface area contributed by atoms with Crippen LogP contribution in [-0.4, -0.2) is 39.4 Å². The Kier molecular flexibility index (Phi) is 7.49. The predicted octanol–water partition coefficient (Wildman–Crippen LogP) is 4.67. The number of aryl methyl sites for hydroxylation is 1. The first-order chi connectivity index (χ1) is 17.4. The second-order valence-electron chi connectivity index (χ2n) is 8.52. The largest absolute Gasteiger partial charge is 0.508 e. The van der Waals surface area contributed by atoms with Gasteiger partial charge in [-0.2, -0.15) is 0 Å². The maximum atomic E-state index is 13.3. The van der Waals surface area contributed by atoms with Crippen molar-refractivity contribution in [2.75, 3.05) is 6.61 Å². The minimum Gasteiger partial charge on any atom is -0.508 e. The molecule has 0 bridgehead atoms. The molecule has 0 saturated heterocycles. The number of ketones is 1. The normalized spacial score (nSPS) is 15.3. The standard InChI is InChI=1S/C29H27NO6/c1-2-36-29(35)22-11-8-20(9-12-22)18-30-26(21-13-15-23(31)16-14-21)25(27(33)28(30)34)24(32)17-10-19-6-4-3-5-7-19/h3-9,11-16,26,31,33H,2,10,17-18H2,1H3. The molecule has 0 aliphatic carbocycles. The summed E-state index contributed by atoms with van der Waals surface area (Å²) in [5, 5.41) is 20.5. The highest BCUT2D eigenvalue weighted by Gasteiger charge is 2.43.